The van der Waals surface area contributed by atoms with Crippen molar-refractivity contribution in [3.05, 3.63) is 34.3 Å². The van der Waals surface area contributed by atoms with Gasteiger partial charge in [-0.25, -0.2) is 0 Å². The van der Waals surface area contributed by atoms with Crippen LogP contribution >= 0.6 is 11.6 Å². The second-order valence-electron chi connectivity index (χ2n) is 6.10. The highest BCUT2D eigenvalue weighted by molar-refractivity contribution is 6.31. The molecular formula is C15H24ClN3O2. The zero-order valence-electron chi connectivity index (χ0n) is 12.7. The number of hydrogen-bond acceptors (Lipinski definition) is 4. The normalized spacial score (nSPS) is 14.2. The van der Waals surface area contributed by atoms with Gasteiger partial charge >= 0.3 is 0 Å². The maximum Gasteiger partial charge on any atom is 0.170 e. The molecule has 0 aromatic heterocycles. The van der Waals surface area contributed by atoms with Crippen LogP contribution in [0.5, 0.6) is 0 Å². The van der Waals surface area contributed by atoms with Crippen LogP contribution in [0.2, 0.25) is 5.02 Å². The molecule has 0 aliphatic rings. The lowest BCUT2D eigenvalue weighted by Gasteiger charge is -2.31. The maximum atomic E-state index is 9.16. The number of oxime groups is 1. The van der Waals surface area contributed by atoms with Crippen molar-refractivity contribution in [1.82, 2.24) is 5.32 Å². The van der Waals surface area contributed by atoms with Crippen molar-refractivity contribution in [2.45, 2.75) is 39.8 Å². The van der Waals surface area contributed by atoms with Gasteiger partial charge in [-0.2, -0.15) is 0 Å². The molecule has 0 saturated heterocycles. The Morgan fingerprint density at radius 2 is 2.10 bits per heavy atom. The van der Waals surface area contributed by atoms with E-state index in [9.17, 15) is 0 Å². The molecule has 0 saturated carbocycles. The Kier molecular flexibility index (Phi) is 6.45. The van der Waals surface area contributed by atoms with E-state index in [-0.39, 0.29) is 23.9 Å². The molecule has 1 unspecified atom stereocenters. The van der Waals surface area contributed by atoms with Crippen molar-refractivity contribution in [2.24, 2.45) is 16.3 Å². The maximum absolute atomic E-state index is 9.16. The molecule has 1 aromatic carbocycles. The average molecular weight is 314 g/mol. The minimum Gasteiger partial charge on any atom is -0.409 e. The van der Waals surface area contributed by atoms with Gasteiger partial charge in [-0.1, -0.05) is 49.7 Å². The number of nitrogens with two attached hydrogens (primary N) is 1. The fourth-order valence-electron chi connectivity index (χ4n) is 2.11. The van der Waals surface area contributed by atoms with Crippen LogP contribution < -0.4 is 11.1 Å². The second kappa shape index (κ2) is 7.64. The van der Waals surface area contributed by atoms with Crippen LogP contribution in [0.4, 0.5) is 0 Å². The molecule has 5 nitrogen and oxygen atoms in total. The standard InChI is InChI=1S/C15H24ClN3O2/c1-15(2,3)13(6-7-20)18-9-11-5-4-10(8-12(11)16)14(17)19-21/h4-5,8,13,18,20-21H,6-7,9H2,1-3H3,(H2,17,19). The van der Waals surface area contributed by atoms with Crippen LogP contribution in [-0.2, 0) is 6.54 Å². The van der Waals surface area contributed by atoms with Crippen LogP contribution in [0.3, 0.4) is 0 Å². The van der Waals surface area contributed by atoms with E-state index in [4.69, 9.17) is 27.6 Å². The fourth-order valence-corrected chi connectivity index (χ4v) is 2.36. The molecule has 1 rings (SSSR count). The Morgan fingerprint density at radius 3 is 2.57 bits per heavy atom. The van der Waals surface area contributed by atoms with E-state index in [0.29, 0.717) is 23.6 Å². The summed E-state index contributed by atoms with van der Waals surface area (Å²) in [6.07, 6.45) is 0.684. The average Bonchev–Trinajstić information content (AvgIpc) is 2.42. The lowest BCUT2D eigenvalue weighted by molar-refractivity contribution is 0.196. The number of amidine groups is 1. The third-order valence-corrected chi connectivity index (χ3v) is 3.81. The van der Waals surface area contributed by atoms with Crippen molar-refractivity contribution in [2.75, 3.05) is 6.61 Å². The molecule has 1 aromatic rings. The summed E-state index contributed by atoms with van der Waals surface area (Å²) in [6, 6.07) is 5.46. The van der Waals surface area contributed by atoms with Gasteiger partial charge in [-0.15, -0.1) is 0 Å². The van der Waals surface area contributed by atoms with Gasteiger partial charge in [-0.3, -0.25) is 0 Å². The van der Waals surface area contributed by atoms with Crippen LogP contribution in [0, 0.1) is 5.41 Å². The predicted octanol–water partition coefficient (Wildman–Crippen LogP) is 2.32. The molecule has 0 amide bonds. The Balaban J connectivity index is 2.79. The molecule has 5 N–H and O–H groups in total. The van der Waals surface area contributed by atoms with Gasteiger partial charge < -0.3 is 21.4 Å². The summed E-state index contributed by atoms with van der Waals surface area (Å²) >= 11 is 6.22. The Labute approximate surface area is 130 Å². The van der Waals surface area contributed by atoms with Gasteiger partial charge in [0.05, 0.1) is 0 Å². The molecule has 0 aliphatic carbocycles. The van der Waals surface area contributed by atoms with Crippen molar-refractivity contribution in [3.8, 4) is 0 Å². The van der Waals surface area contributed by atoms with E-state index in [0.717, 1.165) is 5.56 Å². The summed E-state index contributed by atoms with van der Waals surface area (Å²) < 4.78 is 0. The van der Waals surface area contributed by atoms with E-state index in [1.165, 1.54) is 0 Å². The van der Waals surface area contributed by atoms with Crippen LogP contribution in [0.25, 0.3) is 0 Å². The summed E-state index contributed by atoms with van der Waals surface area (Å²) in [7, 11) is 0. The summed E-state index contributed by atoms with van der Waals surface area (Å²) in [6.45, 7) is 7.12. The number of nitrogens with one attached hydrogen (secondary N) is 1. The lowest BCUT2D eigenvalue weighted by Crippen LogP contribution is -2.40. The first kappa shape index (κ1) is 17.8. The number of rotatable bonds is 6. The molecular weight excluding hydrogens is 290 g/mol. The molecule has 0 fully saturated rings. The van der Waals surface area contributed by atoms with E-state index in [2.05, 4.69) is 31.2 Å². The van der Waals surface area contributed by atoms with Gasteiger partial charge in [0.15, 0.2) is 5.84 Å². The van der Waals surface area contributed by atoms with Gasteiger partial charge in [0, 0.05) is 29.8 Å². The number of aliphatic hydroxyl groups excluding tert-OH is 1. The van der Waals surface area contributed by atoms with Crippen molar-refractivity contribution >= 4 is 17.4 Å². The molecule has 118 valence electrons. The third kappa shape index (κ3) is 5.19. The van der Waals surface area contributed by atoms with Gasteiger partial charge in [0.2, 0.25) is 0 Å². The third-order valence-electron chi connectivity index (χ3n) is 3.46. The molecule has 1 atom stereocenters. The zero-order valence-corrected chi connectivity index (χ0v) is 13.5. The van der Waals surface area contributed by atoms with Crippen LogP contribution in [0.1, 0.15) is 38.3 Å². The highest BCUT2D eigenvalue weighted by Crippen LogP contribution is 2.23. The molecule has 0 bridgehead atoms. The van der Waals surface area contributed by atoms with Crippen LogP contribution in [0.15, 0.2) is 23.4 Å². The number of halogens is 1. The van der Waals surface area contributed by atoms with Crippen molar-refractivity contribution < 1.29 is 10.3 Å². The summed E-state index contributed by atoms with van der Waals surface area (Å²) in [5.41, 5.74) is 7.08. The fraction of sp³-hybridized carbons (Fsp3) is 0.533. The van der Waals surface area contributed by atoms with Crippen molar-refractivity contribution in [1.29, 1.82) is 0 Å². The number of hydrogen-bond donors (Lipinski definition) is 4. The topological polar surface area (TPSA) is 90.9 Å². The summed E-state index contributed by atoms with van der Waals surface area (Å²) in [5.74, 6) is 0.0317. The smallest absolute Gasteiger partial charge is 0.170 e. The Hall–Kier alpha value is -1.30. The predicted molar refractivity (Wildman–Crippen MR) is 85.7 cm³/mol. The lowest BCUT2D eigenvalue weighted by atomic mass is 9.85. The highest BCUT2D eigenvalue weighted by Gasteiger charge is 2.23. The Morgan fingerprint density at radius 1 is 1.43 bits per heavy atom. The summed E-state index contributed by atoms with van der Waals surface area (Å²) in [5, 5.41) is 24.8. The first-order chi connectivity index (χ1) is 9.79. The SMILES string of the molecule is CC(C)(C)C(CCO)NCc1ccc(/C(N)=N/O)cc1Cl. The minimum absolute atomic E-state index is 0.0317. The molecule has 6 heteroatoms. The number of aliphatic hydroxyl groups is 1. The zero-order chi connectivity index (χ0) is 16.0. The number of benzene rings is 1. The van der Waals surface area contributed by atoms with E-state index in [1.54, 1.807) is 12.1 Å². The van der Waals surface area contributed by atoms with Gasteiger partial charge in [0.1, 0.15) is 0 Å². The monoisotopic (exact) mass is 313 g/mol. The molecule has 0 heterocycles. The van der Waals surface area contributed by atoms with E-state index in [1.807, 2.05) is 6.07 Å². The summed E-state index contributed by atoms with van der Waals surface area (Å²) in [4.78, 5) is 0. The second-order valence-corrected chi connectivity index (χ2v) is 6.51. The molecule has 21 heavy (non-hydrogen) atoms. The molecule has 0 aliphatic heterocycles. The first-order valence-corrected chi connectivity index (χ1v) is 7.28. The van der Waals surface area contributed by atoms with Crippen molar-refractivity contribution in [3.63, 3.8) is 0 Å². The van der Waals surface area contributed by atoms with E-state index < -0.39 is 0 Å². The van der Waals surface area contributed by atoms with E-state index >= 15 is 0 Å². The highest BCUT2D eigenvalue weighted by atomic mass is 35.5. The largest absolute Gasteiger partial charge is 0.409 e. The van der Waals surface area contributed by atoms with Gasteiger partial charge in [0.25, 0.3) is 0 Å². The quantitative estimate of drug-likeness (QED) is 0.281. The Bertz CT molecular complexity index is 498. The molecule has 0 radical (unpaired) electrons. The number of nitrogens with zero attached hydrogens (tertiary/aromatic N) is 1. The molecule has 0 spiro atoms. The minimum atomic E-state index is 0.0317. The first-order valence-electron chi connectivity index (χ1n) is 6.90. The van der Waals surface area contributed by atoms with Gasteiger partial charge in [-0.05, 0) is 23.5 Å². The van der Waals surface area contributed by atoms with Crippen LogP contribution in [-0.4, -0.2) is 28.8 Å².